The van der Waals surface area contributed by atoms with Crippen molar-refractivity contribution in [3.05, 3.63) is 237 Å². The summed E-state index contributed by atoms with van der Waals surface area (Å²) in [4.78, 5) is 16.3. The molecule has 3 heterocycles. The number of rotatable bonds is 6. The van der Waals surface area contributed by atoms with Crippen LogP contribution in [0.5, 0.6) is 0 Å². The van der Waals surface area contributed by atoms with Crippen LogP contribution < -0.4 is 0 Å². The molecule has 0 atom stereocenters. The molecule has 0 unspecified atom stereocenters. The lowest BCUT2D eigenvalue weighted by molar-refractivity contribution is 0.953. The highest BCUT2D eigenvalue weighted by Crippen LogP contribution is 2.45. The second-order valence-corrected chi connectivity index (χ2v) is 17.5. The number of nitrogens with zero attached hydrogens (tertiary/aromatic N) is 5. The summed E-state index contributed by atoms with van der Waals surface area (Å²) in [7, 11) is 0. The van der Waals surface area contributed by atoms with Gasteiger partial charge in [-0.25, -0.2) is 4.98 Å². The SMILES string of the molecule is c1ccc(-c2ccc(-c3nc(-c4cccc(-c5ccccc5)c4)nc(-n4c5ccccc5c5ccc6c7ccccc7n(-c7cccc8c9ccccc9c9ccccc9c78)c6c54)n3)cc2)cc1. The first-order valence-corrected chi connectivity index (χ1v) is 23.1. The Kier molecular flexibility index (Phi) is 8.52. The zero-order chi connectivity index (χ0) is 44.7. The molecule has 5 nitrogen and oxygen atoms in total. The van der Waals surface area contributed by atoms with Crippen molar-refractivity contribution in [2.75, 3.05) is 0 Å². The zero-order valence-corrected chi connectivity index (χ0v) is 36.8. The molecule has 0 amide bonds. The van der Waals surface area contributed by atoms with Gasteiger partial charge in [-0.3, -0.25) is 4.57 Å². The van der Waals surface area contributed by atoms with Crippen LogP contribution in [0.1, 0.15) is 0 Å². The Morgan fingerprint density at radius 1 is 0.250 bits per heavy atom. The number of benzene rings is 11. The van der Waals surface area contributed by atoms with Gasteiger partial charge in [0.2, 0.25) is 5.95 Å². The minimum absolute atomic E-state index is 0.548. The quantitative estimate of drug-likeness (QED) is 0.156. The first-order valence-electron chi connectivity index (χ1n) is 23.1. The summed E-state index contributed by atoms with van der Waals surface area (Å²) >= 11 is 0. The minimum Gasteiger partial charge on any atom is -0.307 e. The highest BCUT2D eigenvalue weighted by Gasteiger charge is 2.25. The van der Waals surface area contributed by atoms with Gasteiger partial charge in [0, 0.05) is 38.1 Å². The Morgan fingerprint density at radius 2 is 0.662 bits per heavy atom. The van der Waals surface area contributed by atoms with Gasteiger partial charge in [-0.05, 0) is 73.5 Å². The summed E-state index contributed by atoms with van der Waals surface area (Å²) in [5.41, 5.74) is 11.7. The van der Waals surface area contributed by atoms with E-state index in [1.165, 1.54) is 37.7 Å². The minimum atomic E-state index is 0.548. The van der Waals surface area contributed by atoms with E-state index in [-0.39, 0.29) is 0 Å². The standard InChI is InChI=1S/C63H39N5/c1-3-17-40(18-4-1)42-33-35-43(36-34-42)61-64-62(45-22-15-21-44(39-45)41-19-5-2-6-20-41)66-63(65-61)68-56-31-14-12-27-50(56)54-38-37-53-49-26-11-13-30-55(49)67(59(53)60(54)68)57-32-16-29-52-48-24-8-7-23-46(48)47-25-9-10-28-51(47)58(52)57/h1-39H. The van der Waals surface area contributed by atoms with Gasteiger partial charge in [-0.1, -0.05) is 212 Å². The highest BCUT2D eigenvalue weighted by molar-refractivity contribution is 6.29. The molecule has 0 bridgehead atoms. The van der Waals surface area contributed by atoms with E-state index in [9.17, 15) is 0 Å². The molecule has 5 heteroatoms. The van der Waals surface area contributed by atoms with Gasteiger partial charge in [0.25, 0.3) is 0 Å². The molecule has 14 rings (SSSR count). The summed E-state index contributed by atoms with van der Waals surface area (Å²) in [5.74, 6) is 1.74. The van der Waals surface area contributed by atoms with E-state index in [2.05, 4.69) is 234 Å². The fourth-order valence-electron chi connectivity index (χ4n) is 10.7. The molecule has 0 aliphatic rings. The Hall–Kier alpha value is -9.19. The zero-order valence-electron chi connectivity index (χ0n) is 36.8. The van der Waals surface area contributed by atoms with Crippen molar-refractivity contribution in [2.24, 2.45) is 0 Å². The molecule has 0 aliphatic carbocycles. The second-order valence-electron chi connectivity index (χ2n) is 17.5. The molecule has 0 saturated carbocycles. The van der Waals surface area contributed by atoms with Crippen LogP contribution in [0, 0.1) is 0 Å². The van der Waals surface area contributed by atoms with Gasteiger partial charge in [-0.15, -0.1) is 0 Å². The molecule has 0 N–H and O–H groups in total. The Balaban J connectivity index is 1.10. The molecule has 3 aromatic heterocycles. The molecule has 0 aliphatic heterocycles. The van der Waals surface area contributed by atoms with E-state index in [4.69, 9.17) is 15.0 Å². The van der Waals surface area contributed by atoms with Crippen LogP contribution >= 0.6 is 0 Å². The average Bonchev–Trinajstić information content (AvgIpc) is 3.94. The maximum atomic E-state index is 5.49. The number of hydrogen-bond donors (Lipinski definition) is 0. The van der Waals surface area contributed by atoms with E-state index >= 15 is 0 Å². The lowest BCUT2D eigenvalue weighted by Crippen LogP contribution is -2.07. The number of aromatic nitrogens is 5. The summed E-state index contributed by atoms with van der Waals surface area (Å²) in [5, 5.41) is 12.0. The second kappa shape index (κ2) is 15.2. The van der Waals surface area contributed by atoms with Crippen molar-refractivity contribution < 1.29 is 0 Å². The van der Waals surface area contributed by atoms with Crippen molar-refractivity contribution >= 4 is 75.9 Å². The predicted molar refractivity (Wildman–Crippen MR) is 283 cm³/mol. The van der Waals surface area contributed by atoms with Crippen LogP contribution in [-0.4, -0.2) is 24.1 Å². The van der Waals surface area contributed by atoms with Gasteiger partial charge < -0.3 is 4.57 Å². The van der Waals surface area contributed by atoms with E-state index in [0.29, 0.717) is 17.6 Å². The van der Waals surface area contributed by atoms with Gasteiger partial charge >= 0.3 is 0 Å². The number of para-hydroxylation sites is 2. The fourth-order valence-corrected chi connectivity index (χ4v) is 10.7. The van der Waals surface area contributed by atoms with Crippen molar-refractivity contribution in [3.8, 4) is 56.7 Å². The van der Waals surface area contributed by atoms with Crippen LogP contribution in [0.4, 0.5) is 0 Å². The first kappa shape index (κ1) is 38.1. The van der Waals surface area contributed by atoms with Gasteiger partial charge in [0.15, 0.2) is 11.6 Å². The summed E-state index contributed by atoms with van der Waals surface area (Å²) in [6.45, 7) is 0. The average molecular weight is 866 g/mol. The predicted octanol–water partition coefficient (Wildman–Crippen LogP) is 16.2. The van der Waals surface area contributed by atoms with Gasteiger partial charge in [0.05, 0.1) is 27.8 Å². The van der Waals surface area contributed by atoms with Crippen molar-refractivity contribution in [1.29, 1.82) is 0 Å². The lowest BCUT2D eigenvalue weighted by Gasteiger charge is -2.17. The monoisotopic (exact) mass is 865 g/mol. The number of hydrogen-bond acceptors (Lipinski definition) is 3. The smallest absolute Gasteiger partial charge is 0.238 e. The third-order valence-corrected chi connectivity index (χ3v) is 13.8. The molecular formula is C63H39N5. The van der Waals surface area contributed by atoms with Crippen LogP contribution in [0.2, 0.25) is 0 Å². The number of fused-ring (bicyclic) bond motifs is 13. The largest absolute Gasteiger partial charge is 0.307 e. The van der Waals surface area contributed by atoms with E-state index in [1.807, 2.05) is 12.1 Å². The fraction of sp³-hybridized carbons (Fsp3) is 0. The van der Waals surface area contributed by atoms with Crippen LogP contribution in [0.15, 0.2) is 237 Å². The van der Waals surface area contributed by atoms with Gasteiger partial charge in [0.1, 0.15) is 0 Å². The van der Waals surface area contributed by atoms with Crippen LogP contribution in [-0.2, 0) is 0 Å². The molecule has 68 heavy (non-hydrogen) atoms. The molecule has 11 aromatic carbocycles. The first-order chi connectivity index (χ1) is 33.7. The molecular weight excluding hydrogens is 827 g/mol. The summed E-state index contributed by atoms with van der Waals surface area (Å²) < 4.78 is 4.79. The van der Waals surface area contributed by atoms with E-state index < -0.39 is 0 Å². The van der Waals surface area contributed by atoms with Crippen LogP contribution in [0.25, 0.3) is 133 Å². The topological polar surface area (TPSA) is 48.5 Å². The van der Waals surface area contributed by atoms with Gasteiger partial charge in [-0.2, -0.15) is 9.97 Å². The molecule has 316 valence electrons. The third-order valence-electron chi connectivity index (χ3n) is 13.8. The Morgan fingerprint density at radius 3 is 1.29 bits per heavy atom. The maximum Gasteiger partial charge on any atom is 0.238 e. The Bertz CT molecular complexity index is 4260. The van der Waals surface area contributed by atoms with Crippen molar-refractivity contribution in [2.45, 2.75) is 0 Å². The highest BCUT2D eigenvalue weighted by atomic mass is 15.2. The Labute approximate surface area is 391 Å². The third kappa shape index (κ3) is 5.86. The van der Waals surface area contributed by atoms with E-state index in [0.717, 1.165) is 77.3 Å². The molecule has 0 spiro atoms. The van der Waals surface area contributed by atoms with Crippen molar-refractivity contribution in [3.63, 3.8) is 0 Å². The normalized spacial score (nSPS) is 11.8. The lowest BCUT2D eigenvalue weighted by atomic mass is 9.93. The van der Waals surface area contributed by atoms with E-state index in [1.54, 1.807) is 0 Å². The summed E-state index contributed by atoms with van der Waals surface area (Å²) in [6.07, 6.45) is 0. The van der Waals surface area contributed by atoms with Crippen molar-refractivity contribution in [1.82, 2.24) is 24.1 Å². The van der Waals surface area contributed by atoms with Crippen LogP contribution in [0.3, 0.4) is 0 Å². The molecule has 0 radical (unpaired) electrons. The molecule has 0 fully saturated rings. The molecule has 0 saturated heterocycles. The molecule has 14 aromatic rings. The summed E-state index contributed by atoms with van der Waals surface area (Å²) in [6, 6.07) is 84.5. The maximum absolute atomic E-state index is 5.49.